The van der Waals surface area contributed by atoms with Crippen LogP contribution < -0.4 is 10.3 Å². The van der Waals surface area contributed by atoms with Crippen LogP contribution in [0.1, 0.15) is 31.7 Å². The van der Waals surface area contributed by atoms with Gasteiger partial charge in [0.2, 0.25) is 15.9 Å². The molecule has 0 spiro atoms. The normalized spacial score (nSPS) is 15.2. The average molecular weight is 553 g/mol. The second-order valence-corrected chi connectivity index (χ2v) is 11.3. The zero-order valence-corrected chi connectivity index (χ0v) is 23.1. The Labute approximate surface area is 226 Å². The van der Waals surface area contributed by atoms with Gasteiger partial charge in [-0.15, -0.1) is 0 Å². The van der Waals surface area contributed by atoms with E-state index < -0.39 is 10.0 Å². The minimum absolute atomic E-state index is 0.00958. The molecular weight excluding hydrogens is 520 g/mol. The third-order valence-electron chi connectivity index (χ3n) is 6.83. The number of aryl methyl sites for hydroxylation is 2. The standard InChI is InChI=1S/C26H32N8O4S/c1-4-8-21-22-23(32(3)31-21)25(35)30-24(29-22)20-15-19(39(36,37)34-13-11-33(5-2)12-14-34)16-28-26(20)38-17-18-9-6-7-10-27-18/h6-7,9-10,15-16H,4-5,8,11-14,17H2,1-3H3,(H,29,30,35). The number of ether oxygens (including phenoxy) is 1. The molecule has 0 atom stereocenters. The van der Waals surface area contributed by atoms with Gasteiger partial charge >= 0.3 is 0 Å². The lowest BCUT2D eigenvalue weighted by Crippen LogP contribution is -2.48. The predicted molar refractivity (Wildman–Crippen MR) is 146 cm³/mol. The highest BCUT2D eigenvalue weighted by Crippen LogP contribution is 2.31. The number of rotatable bonds is 9. The molecule has 206 valence electrons. The summed E-state index contributed by atoms with van der Waals surface area (Å²) in [6.45, 7) is 7.16. The molecule has 1 N–H and O–H groups in total. The first kappa shape index (κ1) is 26.9. The third kappa shape index (κ3) is 5.42. The van der Waals surface area contributed by atoms with Gasteiger partial charge in [0.05, 0.1) is 23.1 Å². The van der Waals surface area contributed by atoms with Crippen molar-refractivity contribution in [1.82, 2.24) is 38.9 Å². The van der Waals surface area contributed by atoms with Crippen molar-refractivity contribution in [3.8, 4) is 17.3 Å². The summed E-state index contributed by atoms with van der Waals surface area (Å²) in [5, 5.41) is 4.48. The van der Waals surface area contributed by atoms with Gasteiger partial charge in [0.1, 0.15) is 22.8 Å². The summed E-state index contributed by atoms with van der Waals surface area (Å²) in [4.78, 5) is 31.5. The predicted octanol–water partition coefficient (Wildman–Crippen LogP) is 1.97. The maximum atomic E-state index is 13.6. The number of pyridine rings is 2. The SMILES string of the molecule is CCCc1nn(C)c2c(=O)[nH]c(-c3cc(S(=O)(=O)N4CCN(CC)CC4)cnc3OCc3ccccn3)nc12. The minimum atomic E-state index is -3.83. The number of aromatic amines is 1. The number of nitrogens with one attached hydrogen (secondary N) is 1. The van der Waals surface area contributed by atoms with Gasteiger partial charge in [-0.25, -0.2) is 18.4 Å². The first-order valence-electron chi connectivity index (χ1n) is 13.0. The second-order valence-electron chi connectivity index (χ2n) is 9.40. The Kier molecular flexibility index (Phi) is 7.73. The van der Waals surface area contributed by atoms with Crippen molar-refractivity contribution in [3.05, 3.63) is 58.4 Å². The van der Waals surface area contributed by atoms with Crippen LogP contribution >= 0.6 is 0 Å². The molecule has 4 aromatic rings. The monoisotopic (exact) mass is 552 g/mol. The Morgan fingerprint density at radius 3 is 2.59 bits per heavy atom. The van der Waals surface area contributed by atoms with E-state index in [1.54, 1.807) is 19.3 Å². The number of nitrogens with zero attached hydrogens (tertiary/aromatic N) is 7. The van der Waals surface area contributed by atoms with E-state index in [9.17, 15) is 13.2 Å². The fraction of sp³-hybridized carbons (Fsp3) is 0.423. The van der Waals surface area contributed by atoms with E-state index in [0.29, 0.717) is 55.0 Å². The van der Waals surface area contributed by atoms with E-state index in [4.69, 9.17) is 9.72 Å². The third-order valence-corrected chi connectivity index (χ3v) is 8.69. The van der Waals surface area contributed by atoms with Gasteiger partial charge in [0.15, 0.2) is 5.52 Å². The van der Waals surface area contributed by atoms with Gasteiger partial charge in [-0.05, 0) is 31.2 Å². The fourth-order valence-electron chi connectivity index (χ4n) is 4.70. The summed E-state index contributed by atoms with van der Waals surface area (Å²) in [7, 11) is -2.13. The Bertz CT molecular complexity index is 1630. The molecule has 1 aliphatic heterocycles. The minimum Gasteiger partial charge on any atom is -0.471 e. The molecule has 0 aliphatic carbocycles. The van der Waals surface area contributed by atoms with E-state index in [1.807, 2.05) is 19.1 Å². The molecule has 1 saturated heterocycles. The van der Waals surface area contributed by atoms with Gasteiger partial charge in [0, 0.05) is 39.4 Å². The molecule has 39 heavy (non-hydrogen) atoms. The lowest BCUT2D eigenvalue weighted by Gasteiger charge is -2.33. The zero-order chi connectivity index (χ0) is 27.6. The fourth-order valence-corrected chi connectivity index (χ4v) is 6.09. The summed E-state index contributed by atoms with van der Waals surface area (Å²) < 4.78 is 36.1. The van der Waals surface area contributed by atoms with E-state index in [2.05, 4.69) is 31.9 Å². The Hall–Kier alpha value is -3.68. The van der Waals surface area contributed by atoms with Crippen LogP contribution in [-0.2, 0) is 30.1 Å². The highest BCUT2D eigenvalue weighted by Gasteiger charge is 2.30. The maximum Gasteiger partial charge on any atom is 0.277 e. The molecule has 0 bridgehead atoms. The van der Waals surface area contributed by atoms with Crippen molar-refractivity contribution >= 4 is 21.1 Å². The first-order chi connectivity index (χ1) is 18.8. The average Bonchev–Trinajstić information content (AvgIpc) is 3.27. The topological polar surface area (TPSA) is 139 Å². The molecule has 1 aliphatic rings. The zero-order valence-electron chi connectivity index (χ0n) is 22.3. The summed E-state index contributed by atoms with van der Waals surface area (Å²) in [6, 6.07) is 6.94. The summed E-state index contributed by atoms with van der Waals surface area (Å²) in [5.74, 6) is 0.299. The first-order valence-corrected chi connectivity index (χ1v) is 14.5. The van der Waals surface area contributed by atoms with Crippen LogP contribution in [0.2, 0.25) is 0 Å². The maximum absolute atomic E-state index is 13.6. The lowest BCUT2D eigenvalue weighted by atomic mass is 10.2. The molecule has 12 nitrogen and oxygen atoms in total. The van der Waals surface area contributed by atoms with Crippen molar-refractivity contribution in [2.24, 2.45) is 7.05 Å². The van der Waals surface area contributed by atoms with Crippen LogP contribution in [0, 0.1) is 0 Å². The highest BCUT2D eigenvalue weighted by molar-refractivity contribution is 7.89. The summed E-state index contributed by atoms with van der Waals surface area (Å²) in [5.41, 5.74) is 2.08. The van der Waals surface area contributed by atoms with E-state index in [1.165, 1.54) is 21.3 Å². The lowest BCUT2D eigenvalue weighted by molar-refractivity contribution is 0.196. The van der Waals surface area contributed by atoms with Crippen molar-refractivity contribution in [3.63, 3.8) is 0 Å². The van der Waals surface area contributed by atoms with Crippen LogP contribution in [0.5, 0.6) is 5.88 Å². The Morgan fingerprint density at radius 2 is 1.90 bits per heavy atom. The number of aromatic nitrogens is 6. The van der Waals surface area contributed by atoms with Crippen molar-refractivity contribution in [2.75, 3.05) is 32.7 Å². The number of H-pyrrole nitrogens is 1. The van der Waals surface area contributed by atoms with Gasteiger partial charge in [-0.3, -0.25) is 14.5 Å². The largest absolute Gasteiger partial charge is 0.471 e. The second kappa shape index (κ2) is 11.2. The number of sulfonamides is 1. The molecule has 0 unspecified atom stereocenters. The van der Waals surface area contributed by atoms with Gasteiger partial charge < -0.3 is 14.6 Å². The molecule has 0 radical (unpaired) electrons. The van der Waals surface area contributed by atoms with Crippen molar-refractivity contribution in [2.45, 2.75) is 38.2 Å². The van der Waals surface area contributed by atoms with Crippen molar-refractivity contribution in [1.29, 1.82) is 0 Å². The van der Waals surface area contributed by atoms with Crippen LogP contribution in [0.25, 0.3) is 22.4 Å². The number of piperazine rings is 1. The van der Waals surface area contributed by atoms with E-state index in [0.717, 1.165) is 13.0 Å². The molecule has 5 rings (SSSR count). The molecule has 4 aromatic heterocycles. The number of hydrogen-bond donors (Lipinski definition) is 1. The van der Waals surface area contributed by atoms with Gasteiger partial charge in [0.25, 0.3) is 5.56 Å². The van der Waals surface area contributed by atoms with Crippen LogP contribution in [-0.4, -0.2) is 80.1 Å². The van der Waals surface area contributed by atoms with Gasteiger partial charge in [-0.2, -0.15) is 9.40 Å². The van der Waals surface area contributed by atoms with Crippen LogP contribution in [0.3, 0.4) is 0 Å². The summed E-state index contributed by atoms with van der Waals surface area (Å²) >= 11 is 0. The quantitative estimate of drug-likeness (QED) is 0.330. The van der Waals surface area contributed by atoms with Crippen LogP contribution in [0.4, 0.5) is 0 Å². The summed E-state index contributed by atoms with van der Waals surface area (Å²) in [6.07, 6.45) is 4.43. The molecular formula is C26H32N8O4S. The van der Waals surface area contributed by atoms with E-state index in [-0.39, 0.29) is 34.3 Å². The smallest absolute Gasteiger partial charge is 0.277 e. The highest BCUT2D eigenvalue weighted by atomic mass is 32.2. The molecule has 0 saturated carbocycles. The Morgan fingerprint density at radius 1 is 1.10 bits per heavy atom. The molecule has 13 heteroatoms. The van der Waals surface area contributed by atoms with Crippen LogP contribution in [0.15, 0.2) is 46.3 Å². The van der Waals surface area contributed by atoms with Crippen molar-refractivity contribution < 1.29 is 13.2 Å². The molecule has 0 aromatic carbocycles. The number of likely N-dealkylation sites (N-methyl/N-ethyl adjacent to an activating group) is 1. The number of fused-ring (bicyclic) bond motifs is 1. The molecule has 5 heterocycles. The Balaban J connectivity index is 1.59. The molecule has 1 fully saturated rings. The number of hydrogen-bond acceptors (Lipinski definition) is 9. The molecule has 0 amide bonds. The van der Waals surface area contributed by atoms with Gasteiger partial charge in [-0.1, -0.05) is 26.3 Å². The van der Waals surface area contributed by atoms with E-state index >= 15 is 0 Å².